The number of hydrogen-bond acceptors (Lipinski definition) is 2. The summed E-state index contributed by atoms with van der Waals surface area (Å²) in [5.74, 6) is -1.19. The number of benzene rings is 2. The SMILES string of the molecule is O=C(O)C1CCCN(C(c2ccc(Cl)cc2Cl)c2ccc(Cl)cc2Cl)C1. The molecule has 1 aliphatic rings. The molecule has 1 fully saturated rings. The van der Waals surface area contributed by atoms with E-state index in [2.05, 4.69) is 4.90 Å². The van der Waals surface area contributed by atoms with Crippen molar-refractivity contribution in [3.05, 3.63) is 67.6 Å². The monoisotopic (exact) mass is 431 g/mol. The van der Waals surface area contributed by atoms with Crippen LogP contribution in [0.3, 0.4) is 0 Å². The van der Waals surface area contributed by atoms with E-state index in [1.165, 1.54) is 0 Å². The Balaban J connectivity index is 2.08. The van der Waals surface area contributed by atoms with Gasteiger partial charge in [0.05, 0.1) is 12.0 Å². The van der Waals surface area contributed by atoms with Crippen LogP contribution < -0.4 is 0 Å². The topological polar surface area (TPSA) is 40.5 Å². The third-order valence-corrected chi connectivity index (χ3v) is 5.81. The average Bonchev–Trinajstić information content (AvgIpc) is 2.59. The van der Waals surface area contributed by atoms with Crippen molar-refractivity contribution < 1.29 is 9.90 Å². The summed E-state index contributed by atoms with van der Waals surface area (Å²) in [6, 6.07) is 10.4. The average molecular weight is 433 g/mol. The van der Waals surface area contributed by atoms with Gasteiger partial charge < -0.3 is 5.11 Å². The van der Waals surface area contributed by atoms with E-state index in [1.54, 1.807) is 24.3 Å². The Hall–Kier alpha value is -0.970. The molecule has 0 amide bonds. The summed E-state index contributed by atoms with van der Waals surface area (Å²) in [7, 11) is 0. The molecule has 0 spiro atoms. The normalized spacial score (nSPS) is 18.3. The van der Waals surface area contributed by atoms with Crippen molar-refractivity contribution in [3.8, 4) is 0 Å². The highest BCUT2D eigenvalue weighted by atomic mass is 35.5. The van der Waals surface area contributed by atoms with E-state index in [0.717, 1.165) is 24.1 Å². The summed E-state index contributed by atoms with van der Waals surface area (Å²) in [6.45, 7) is 1.18. The largest absolute Gasteiger partial charge is 0.481 e. The van der Waals surface area contributed by atoms with Gasteiger partial charge in [-0.15, -0.1) is 0 Å². The van der Waals surface area contributed by atoms with Gasteiger partial charge >= 0.3 is 5.97 Å². The molecule has 138 valence electrons. The summed E-state index contributed by atoms with van der Waals surface area (Å²) in [5, 5.41) is 11.6. The maximum Gasteiger partial charge on any atom is 0.307 e. The lowest BCUT2D eigenvalue weighted by atomic mass is 9.91. The number of carboxylic acids is 1. The van der Waals surface area contributed by atoms with Crippen molar-refractivity contribution in [1.82, 2.24) is 4.90 Å². The van der Waals surface area contributed by atoms with Crippen molar-refractivity contribution >= 4 is 52.4 Å². The van der Waals surface area contributed by atoms with Crippen molar-refractivity contribution in [2.24, 2.45) is 5.92 Å². The van der Waals surface area contributed by atoms with Gasteiger partial charge in [-0.1, -0.05) is 58.5 Å². The second-order valence-corrected chi connectivity index (χ2v) is 8.09. The summed E-state index contributed by atoms with van der Waals surface area (Å²) >= 11 is 25.1. The highest BCUT2D eigenvalue weighted by Gasteiger charge is 2.33. The van der Waals surface area contributed by atoms with E-state index in [9.17, 15) is 9.90 Å². The first-order chi connectivity index (χ1) is 12.4. The summed E-state index contributed by atoms with van der Waals surface area (Å²) in [5.41, 5.74) is 1.68. The zero-order chi connectivity index (χ0) is 18.8. The van der Waals surface area contributed by atoms with E-state index >= 15 is 0 Å². The van der Waals surface area contributed by atoms with Gasteiger partial charge in [0.25, 0.3) is 0 Å². The molecule has 1 saturated heterocycles. The Morgan fingerprint density at radius 1 is 1.00 bits per heavy atom. The van der Waals surface area contributed by atoms with Gasteiger partial charge in [-0.25, -0.2) is 0 Å². The molecule has 3 nitrogen and oxygen atoms in total. The Bertz CT molecular complexity index is 776. The summed E-state index contributed by atoms with van der Waals surface area (Å²) in [6.07, 6.45) is 1.46. The van der Waals surface area contributed by atoms with E-state index in [1.807, 2.05) is 12.1 Å². The van der Waals surface area contributed by atoms with E-state index < -0.39 is 11.9 Å². The molecule has 2 aromatic carbocycles. The molecule has 0 radical (unpaired) electrons. The first-order valence-electron chi connectivity index (χ1n) is 8.23. The molecule has 26 heavy (non-hydrogen) atoms. The zero-order valence-corrected chi connectivity index (χ0v) is 16.8. The van der Waals surface area contributed by atoms with E-state index in [0.29, 0.717) is 33.1 Å². The predicted molar refractivity (Wildman–Crippen MR) is 107 cm³/mol. The van der Waals surface area contributed by atoms with Crippen molar-refractivity contribution in [1.29, 1.82) is 0 Å². The number of aliphatic carboxylic acids is 1. The quantitative estimate of drug-likeness (QED) is 0.626. The van der Waals surface area contributed by atoms with Gasteiger partial charge in [0, 0.05) is 26.6 Å². The van der Waals surface area contributed by atoms with E-state index in [4.69, 9.17) is 46.4 Å². The van der Waals surface area contributed by atoms with Crippen molar-refractivity contribution in [3.63, 3.8) is 0 Å². The minimum absolute atomic E-state index is 0.272. The van der Waals surface area contributed by atoms with Crippen LogP contribution in [0.2, 0.25) is 20.1 Å². The molecule has 2 aromatic rings. The van der Waals surface area contributed by atoms with Gasteiger partial charge in [0.1, 0.15) is 0 Å². The lowest BCUT2D eigenvalue weighted by Crippen LogP contribution is -2.41. The molecular weight excluding hydrogens is 416 g/mol. The van der Waals surface area contributed by atoms with Crippen molar-refractivity contribution in [2.45, 2.75) is 18.9 Å². The highest BCUT2D eigenvalue weighted by Crippen LogP contribution is 2.40. The van der Waals surface area contributed by atoms with Gasteiger partial charge in [-0.05, 0) is 54.8 Å². The van der Waals surface area contributed by atoms with Gasteiger partial charge in [-0.3, -0.25) is 9.69 Å². The van der Waals surface area contributed by atoms with Crippen LogP contribution >= 0.6 is 46.4 Å². The molecule has 0 saturated carbocycles. The van der Waals surface area contributed by atoms with Gasteiger partial charge in [0.15, 0.2) is 0 Å². The number of hydrogen-bond donors (Lipinski definition) is 1. The van der Waals surface area contributed by atoms with Crippen LogP contribution in [0.1, 0.15) is 30.0 Å². The molecule has 7 heteroatoms. The third kappa shape index (κ3) is 4.29. The second-order valence-electron chi connectivity index (χ2n) is 6.41. The van der Waals surface area contributed by atoms with Crippen LogP contribution in [0.15, 0.2) is 36.4 Å². The molecule has 0 aliphatic carbocycles. The van der Waals surface area contributed by atoms with Crippen LogP contribution in [0, 0.1) is 5.92 Å². The Morgan fingerprint density at radius 3 is 2.00 bits per heavy atom. The fourth-order valence-corrected chi connectivity index (χ4v) is 4.47. The number of piperidine rings is 1. The van der Waals surface area contributed by atoms with E-state index in [-0.39, 0.29) is 6.04 Å². The maximum atomic E-state index is 11.5. The lowest BCUT2D eigenvalue weighted by molar-refractivity contribution is -0.143. The molecule has 0 bridgehead atoms. The summed E-state index contributed by atoms with van der Waals surface area (Å²) in [4.78, 5) is 13.6. The number of carbonyl (C=O) groups is 1. The Kier molecular flexibility index (Phi) is 6.37. The lowest BCUT2D eigenvalue weighted by Gasteiger charge is -2.38. The predicted octanol–water partition coefficient (Wildman–Crippen LogP) is 6.19. The number of carboxylic acid groups (broad SMARTS) is 1. The molecule has 0 aromatic heterocycles. The van der Waals surface area contributed by atoms with Crippen LogP contribution in [0.25, 0.3) is 0 Å². The Labute approximate surface area is 172 Å². The molecule has 1 heterocycles. The smallest absolute Gasteiger partial charge is 0.307 e. The van der Waals surface area contributed by atoms with Crippen LogP contribution in [-0.4, -0.2) is 29.1 Å². The molecule has 1 N–H and O–H groups in total. The van der Waals surface area contributed by atoms with Crippen molar-refractivity contribution in [2.75, 3.05) is 13.1 Å². The fraction of sp³-hybridized carbons (Fsp3) is 0.316. The minimum atomic E-state index is -0.780. The van der Waals surface area contributed by atoms with Gasteiger partial charge in [-0.2, -0.15) is 0 Å². The molecule has 1 aliphatic heterocycles. The minimum Gasteiger partial charge on any atom is -0.481 e. The second kappa shape index (κ2) is 8.37. The van der Waals surface area contributed by atoms with Crippen LogP contribution in [0.4, 0.5) is 0 Å². The van der Waals surface area contributed by atoms with Gasteiger partial charge in [0.2, 0.25) is 0 Å². The Morgan fingerprint density at radius 2 is 1.54 bits per heavy atom. The standard InChI is InChI=1S/C19H17Cl4NO2/c20-12-3-5-14(16(22)8-12)18(15-6-4-13(21)9-17(15)23)24-7-1-2-11(10-24)19(25)26/h3-6,8-9,11,18H,1-2,7,10H2,(H,25,26). The first kappa shape index (κ1) is 19.8. The first-order valence-corrected chi connectivity index (χ1v) is 9.74. The number of likely N-dealkylation sites (tertiary alicyclic amines) is 1. The maximum absolute atomic E-state index is 11.5. The molecule has 1 atom stereocenters. The molecule has 1 unspecified atom stereocenters. The molecular formula is C19H17Cl4NO2. The summed E-state index contributed by atoms with van der Waals surface area (Å²) < 4.78 is 0. The number of halogens is 4. The van der Waals surface area contributed by atoms with Crippen LogP contribution in [-0.2, 0) is 4.79 Å². The zero-order valence-electron chi connectivity index (χ0n) is 13.8. The van der Waals surface area contributed by atoms with Crippen LogP contribution in [0.5, 0.6) is 0 Å². The third-order valence-electron chi connectivity index (χ3n) is 4.68. The fourth-order valence-electron chi connectivity index (χ4n) is 3.45. The number of rotatable bonds is 4. The molecule has 3 rings (SSSR count). The highest BCUT2D eigenvalue weighted by molar-refractivity contribution is 6.36. The number of nitrogens with zero attached hydrogens (tertiary/aromatic N) is 1.